The zero-order valence-corrected chi connectivity index (χ0v) is 19.2. The van der Waals surface area contributed by atoms with Gasteiger partial charge >= 0.3 is 0 Å². The molecule has 3 aromatic rings. The molecule has 0 spiro atoms. The van der Waals surface area contributed by atoms with Crippen LogP contribution in [0.3, 0.4) is 0 Å². The van der Waals surface area contributed by atoms with Crippen LogP contribution in [0.1, 0.15) is 36.2 Å². The number of carbonyl (C=O) groups is 1. The third-order valence-electron chi connectivity index (χ3n) is 5.99. The lowest BCUT2D eigenvalue weighted by atomic mass is 10.0. The molecule has 0 aliphatic carbocycles. The van der Waals surface area contributed by atoms with E-state index in [9.17, 15) is 14.3 Å². The van der Waals surface area contributed by atoms with Crippen molar-refractivity contribution in [2.75, 3.05) is 31.5 Å². The summed E-state index contributed by atoms with van der Waals surface area (Å²) in [6, 6.07) is 9.30. The van der Waals surface area contributed by atoms with E-state index in [1.54, 1.807) is 16.6 Å². The lowest BCUT2D eigenvalue weighted by molar-refractivity contribution is -0.00177. The van der Waals surface area contributed by atoms with Crippen LogP contribution in [0.4, 0.5) is 10.1 Å². The highest BCUT2D eigenvalue weighted by atomic mass is 19.1. The third kappa shape index (κ3) is 5.16. The van der Waals surface area contributed by atoms with Gasteiger partial charge in [0.1, 0.15) is 12.2 Å². The number of nitrogens with one attached hydrogen (secondary N) is 3. The van der Waals surface area contributed by atoms with Crippen molar-refractivity contribution >= 4 is 17.1 Å². The minimum Gasteiger partial charge on any atom is -0.387 e. The molecule has 4 rings (SSSR count). The summed E-state index contributed by atoms with van der Waals surface area (Å²) in [5, 5.41) is 32.5. The van der Waals surface area contributed by atoms with E-state index in [0.29, 0.717) is 40.7 Å². The Morgan fingerprint density at radius 3 is 2.94 bits per heavy atom. The molecule has 1 amide bonds. The molecule has 34 heavy (non-hydrogen) atoms. The number of alkyl halides is 1. The Bertz CT molecular complexity index is 1220. The second kappa shape index (κ2) is 9.75. The van der Waals surface area contributed by atoms with Crippen LogP contribution in [0.15, 0.2) is 36.7 Å². The summed E-state index contributed by atoms with van der Waals surface area (Å²) in [7, 11) is 0. The molecule has 4 heterocycles. The summed E-state index contributed by atoms with van der Waals surface area (Å²) in [4.78, 5) is 17.3. The first kappa shape index (κ1) is 23.6. The van der Waals surface area contributed by atoms with Gasteiger partial charge in [0.15, 0.2) is 0 Å². The average molecular weight is 466 g/mol. The van der Waals surface area contributed by atoms with E-state index in [4.69, 9.17) is 5.26 Å². The first-order chi connectivity index (χ1) is 16.3. The van der Waals surface area contributed by atoms with Crippen LogP contribution in [0.25, 0.3) is 16.9 Å². The summed E-state index contributed by atoms with van der Waals surface area (Å²) in [5.41, 5.74) is 1.84. The zero-order chi connectivity index (χ0) is 24.3. The highest BCUT2D eigenvalue weighted by molar-refractivity contribution is 6.00. The highest BCUT2D eigenvalue weighted by Crippen LogP contribution is 2.26. The van der Waals surface area contributed by atoms with Gasteiger partial charge in [-0.3, -0.25) is 9.78 Å². The lowest BCUT2D eigenvalue weighted by Crippen LogP contribution is -2.42. The first-order valence-corrected chi connectivity index (χ1v) is 11.2. The topological polar surface area (TPSA) is 127 Å². The molecule has 1 unspecified atom stereocenters. The van der Waals surface area contributed by atoms with E-state index in [-0.39, 0.29) is 6.54 Å². The highest BCUT2D eigenvalue weighted by Gasteiger charge is 2.27. The van der Waals surface area contributed by atoms with Crippen molar-refractivity contribution in [1.82, 2.24) is 25.2 Å². The van der Waals surface area contributed by atoms with Gasteiger partial charge in [0, 0.05) is 12.7 Å². The number of hydrogen-bond donors (Lipinski definition) is 4. The lowest BCUT2D eigenvalue weighted by Gasteiger charge is -2.23. The van der Waals surface area contributed by atoms with E-state index in [1.165, 1.54) is 26.2 Å². The van der Waals surface area contributed by atoms with Crippen LogP contribution in [0.5, 0.6) is 0 Å². The number of anilines is 1. The van der Waals surface area contributed by atoms with Crippen molar-refractivity contribution in [2.45, 2.75) is 32.0 Å². The molecule has 10 heteroatoms. The number of nitriles is 1. The number of rotatable bonds is 8. The molecular weight excluding hydrogens is 437 g/mol. The maximum absolute atomic E-state index is 14.2. The van der Waals surface area contributed by atoms with E-state index in [2.05, 4.69) is 32.1 Å². The summed E-state index contributed by atoms with van der Waals surface area (Å²) in [6.07, 6.45) is 2.37. The molecule has 1 fully saturated rings. The zero-order valence-electron chi connectivity index (χ0n) is 19.2. The number of nitrogens with zero attached hydrogens (tertiary/aromatic N) is 4. The number of fused-ring (bicyclic) bond motifs is 1. The van der Waals surface area contributed by atoms with Crippen LogP contribution < -0.4 is 16.0 Å². The van der Waals surface area contributed by atoms with Gasteiger partial charge in [-0.05, 0) is 63.5 Å². The van der Waals surface area contributed by atoms with Crippen LogP contribution in [0.2, 0.25) is 0 Å². The number of aromatic nitrogens is 3. The molecule has 9 nitrogen and oxygen atoms in total. The summed E-state index contributed by atoms with van der Waals surface area (Å²) >= 11 is 0. The molecule has 178 valence electrons. The van der Waals surface area contributed by atoms with Gasteiger partial charge in [-0.25, -0.2) is 8.91 Å². The Kier molecular flexibility index (Phi) is 6.77. The molecule has 0 bridgehead atoms. The maximum atomic E-state index is 14.2. The Morgan fingerprint density at radius 2 is 2.24 bits per heavy atom. The fourth-order valence-corrected chi connectivity index (χ4v) is 3.85. The van der Waals surface area contributed by atoms with Gasteiger partial charge < -0.3 is 21.1 Å². The monoisotopic (exact) mass is 465 g/mol. The second-order valence-electron chi connectivity index (χ2n) is 9.10. The van der Waals surface area contributed by atoms with Gasteiger partial charge in [0.05, 0.1) is 52.1 Å². The van der Waals surface area contributed by atoms with Crippen molar-refractivity contribution in [2.24, 2.45) is 5.92 Å². The summed E-state index contributed by atoms with van der Waals surface area (Å²) in [5.74, 6) is -0.0482. The van der Waals surface area contributed by atoms with Crippen molar-refractivity contribution in [3.63, 3.8) is 0 Å². The summed E-state index contributed by atoms with van der Waals surface area (Å²) < 4.78 is 15.8. The number of hydrogen-bond acceptors (Lipinski definition) is 7. The second-order valence-corrected chi connectivity index (χ2v) is 9.10. The van der Waals surface area contributed by atoms with E-state index < -0.39 is 17.7 Å². The third-order valence-corrected chi connectivity index (χ3v) is 5.99. The smallest absolute Gasteiger partial charge is 0.255 e. The largest absolute Gasteiger partial charge is 0.387 e. The first-order valence-electron chi connectivity index (χ1n) is 11.2. The van der Waals surface area contributed by atoms with E-state index in [0.717, 1.165) is 25.0 Å². The average Bonchev–Trinajstić information content (AvgIpc) is 3.49. The minimum atomic E-state index is -1.61. The van der Waals surface area contributed by atoms with Gasteiger partial charge in [-0.15, -0.1) is 0 Å². The Morgan fingerprint density at radius 1 is 1.41 bits per heavy atom. The predicted molar refractivity (Wildman–Crippen MR) is 126 cm³/mol. The number of amides is 1. The quantitative estimate of drug-likeness (QED) is 0.401. The summed E-state index contributed by atoms with van der Waals surface area (Å²) in [6.45, 7) is 4.94. The van der Waals surface area contributed by atoms with Crippen molar-refractivity contribution in [3.05, 3.63) is 47.8 Å². The van der Waals surface area contributed by atoms with Crippen LogP contribution >= 0.6 is 0 Å². The predicted octanol–water partition coefficient (Wildman–Crippen LogP) is 2.13. The Labute approximate surface area is 197 Å². The molecule has 1 aliphatic rings. The van der Waals surface area contributed by atoms with Gasteiger partial charge in [0.2, 0.25) is 0 Å². The number of pyridine rings is 1. The van der Waals surface area contributed by atoms with Crippen molar-refractivity contribution in [3.8, 4) is 17.5 Å². The molecule has 0 radical (unpaired) electrons. The van der Waals surface area contributed by atoms with Crippen molar-refractivity contribution < 1.29 is 14.3 Å². The van der Waals surface area contributed by atoms with Crippen LogP contribution in [-0.4, -0.2) is 63.6 Å². The molecule has 3 aromatic heterocycles. The minimum absolute atomic E-state index is 0.290. The van der Waals surface area contributed by atoms with E-state index >= 15 is 0 Å². The molecule has 1 aliphatic heterocycles. The fraction of sp³-hybridized carbons (Fsp3) is 0.417. The number of carbonyl (C=O) groups excluding carboxylic acids is 1. The maximum Gasteiger partial charge on any atom is 0.255 e. The van der Waals surface area contributed by atoms with Gasteiger partial charge in [-0.2, -0.15) is 10.4 Å². The van der Waals surface area contributed by atoms with Gasteiger partial charge in [-0.1, -0.05) is 0 Å². The molecule has 1 saturated heterocycles. The Balaban J connectivity index is 1.62. The standard InChI is InChI=1S/C24H28FN7O2/c1-24(2,34)22(25)14-30-23(33)18-13-29-20(8-19(18)28-11-15-5-6-27-10-15)21-4-3-17-7-16(9-26)12-31-32(17)21/h3-4,7-8,12-13,15,22,27,34H,5-6,10-11,14H2,1-2H3,(H,28,29)(H,30,33)/t15?,22-/m1/s1. The molecule has 0 aromatic carbocycles. The molecule has 2 atom stereocenters. The van der Waals surface area contributed by atoms with Crippen LogP contribution in [-0.2, 0) is 0 Å². The van der Waals surface area contributed by atoms with Crippen LogP contribution in [0, 0.1) is 17.2 Å². The normalized spacial score (nSPS) is 16.9. The van der Waals surface area contributed by atoms with E-state index in [1.807, 2.05) is 12.1 Å². The number of aliphatic hydroxyl groups is 1. The molecule has 4 N–H and O–H groups in total. The number of halogens is 1. The Hall–Kier alpha value is -3.55. The fourth-order valence-electron chi connectivity index (χ4n) is 3.85. The SMILES string of the molecule is CC(C)(O)[C@H](F)CNC(=O)c1cnc(-c2ccc3cc(C#N)cnn23)cc1NCC1CCNC1. The van der Waals surface area contributed by atoms with Gasteiger partial charge in [0.25, 0.3) is 5.91 Å². The molecule has 0 saturated carbocycles. The molecular formula is C24H28FN7O2. The van der Waals surface area contributed by atoms with Crippen molar-refractivity contribution in [1.29, 1.82) is 5.26 Å².